The second-order valence-corrected chi connectivity index (χ2v) is 2.17. The zero-order valence-electron chi connectivity index (χ0n) is 5.68. The molecule has 0 radical (unpaired) electrons. The van der Waals surface area contributed by atoms with Crippen LogP contribution >= 0.6 is 0 Å². The molecule has 0 saturated heterocycles. The smallest absolute Gasteiger partial charge is 0.137 e. The first-order valence-corrected chi connectivity index (χ1v) is 3.23. The summed E-state index contributed by atoms with van der Waals surface area (Å²) >= 11 is 0. The van der Waals surface area contributed by atoms with Crippen LogP contribution in [0.15, 0.2) is 21.8 Å². The van der Waals surface area contributed by atoms with Crippen LogP contribution in [-0.4, -0.2) is 27.4 Å². The van der Waals surface area contributed by atoms with Gasteiger partial charge in [0.15, 0.2) is 0 Å². The standard InChI is InChI=1S/C5H6N6/c1(4-2-7-11-9-4)5-6-3-8-10-5/h2-4H,1H2,(H,6,8,10). The van der Waals surface area contributed by atoms with Crippen LogP contribution in [0.2, 0.25) is 0 Å². The Labute approximate surface area is 62.4 Å². The highest BCUT2D eigenvalue weighted by atomic mass is 15.4. The van der Waals surface area contributed by atoms with Crippen molar-refractivity contribution in [2.45, 2.75) is 12.5 Å². The monoisotopic (exact) mass is 150 g/mol. The fourth-order valence-electron chi connectivity index (χ4n) is 0.854. The number of aromatic nitrogens is 3. The third kappa shape index (κ3) is 1.28. The van der Waals surface area contributed by atoms with Gasteiger partial charge >= 0.3 is 0 Å². The minimum absolute atomic E-state index is 0.0305. The van der Waals surface area contributed by atoms with Crippen molar-refractivity contribution in [3.05, 3.63) is 12.2 Å². The number of rotatable bonds is 2. The largest absolute Gasteiger partial charge is 0.263 e. The summed E-state index contributed by atoms with van der Waals surface area (Å²) in [6.07, 6.45) is 3.84. The predicted molar refractivity (Wildman–Crippen MR) is 37.2 cm³/mol. The molecule has 1 atom stereocenters. The Morgan fingerprint density at radius 3 is 3.18 bits per heavy atom. The van der Waals surface area contributed by atoms with Crippen molar-refractivity contribution >= 4 is 6.21 Å². The Morgan fingerprint density at radius 2 is 2.55 bits per heavy atom. The summed E-state index contributed by atoms with van der Waals surface area (Å²) in [5.41, 5.74) is 0. The van der Waals surface area contributed by atoms with Gasteiger partial charge in [0.25, 0.3) is 0 Å². The van der Waals surface area contributed by atoms with E-state index in [2.05, 4.69) is 30.6 Å². The van der Waals surface area contributed by atoms with Crippen LogP contribution in [0.1, 0.15) is 5.82 Å². The highest BCUT2D eigenvalue weighted by Gasteiger charge is 2.10. The number of aromatic amines is 1. The minimum atomic E-state index is 0.0305. The van der Waals surface area contributed by atoms with E-state index in [1.807, 2.05) is 0 Å². The molecule has 2 heterocycles. The van der Waals surface area contributed by atoms with Crippen molar-refractivity contribution in [3.63, 3.8) is 0 Å². The summed E-state index contributed by atoms with van der Waals surface area (Å²) < 4.78 is 0. The highest BCUT2D eigenvalue weighted by molar-refractivity contribution is 5.65. The molecule has 0 saturated carbocycles. The van der Waals surface area contributed by atoms with E-state index < -0.39 is 0 Å². The van der Waals surface area contributed by atoms with Gasteiger partial charge in [-0.3, -0.25) is 5.10 Å². The van der Waals surface area contributed by atoms with Crippen LogP contribution in [-0.2, 0) is 6.42 Å². The zero-order chi connectivity index (χ0) is 7.52. The van der Waals surface area contributed by atoms with Gasteiger partial charge in [-0.05, 0) is 5.22 Å². The molecule has 2 rings (SSSR count). The molecule has 1 aromatic rings. The fraction of sp³-hybridized carbons (Fsp3) is 0.400. The lowest BCUT2D eigenvalue weighted by molar-refractivity contribution is 0.782. The molecule has 0 aromatic carbocycles. The zero-order valence-corrected chi connectivity index (χ0v) is 5.68. The van der Waals surface area contributed by atoms with E-state index >= 15 is 0 Å². The molecule has 11 heavy (non-hydrogen) atoms. The summed E-state index contributed by atoms with van der Waals surface area (Å²) in [5, 5.41) is 17.4. The van der Waals surface area contributed by atoms with Gasteiger partial charge in [0.2, 0.25) is 0 Å². The molecule has 0 bridgehead atoms. The van der Waals surface area contributed by atoms with Crippen LogP contribution < -0.4 is 0 Å². The normalized spacial score (nSPS) is 21.3. The van der Waals surface area contributed by atoms with Gasteiger partial charge in [0, 0.05) is 6.42 Å². The average Bonchev–Trinajstić information content (AvgIpc) is 2.60. The molecule has 0 fully saturated rings. The van der Waals surface area contributed by atoms with E-state index in [1.54, 1.807) is 6.21 Å². The van der Waals surface area contributed by atoms with Gasteiger partial charge < -0.3 is 0 Å². The van der Waals surface area contributed by atoms with Crippen LogP contribution in [0.4, 0.5) is 0 Å². The SMILES string of the molecule is C1=NN=NC1Cc1ncn[nH]1. The van der Waals surface area contributed by atoms with Crippen molar-refractivity contribution in [2.24, 2.45) is 15.4 Å². The molecular weight excluding hydrogens is 144 g/mol. The Hall–Kier alpha value is -1.59. The van der Waals surface area contributed by atoms with Crippen molar-refractivity contribution in [1.82, 2.24) is 15.2 Å². The lowest BCUT2D eigenvalue weighted by Gasteiger charge is -1.94. The molecule has 6 nitrogen and oxygen atoms in total. The molecule has 0 aliphatic carbocycles. The number of hydrogen-bond acceptors (Lipinski definition) is 5. The van der Waals surface area contributed by atoms with E-state index in [0.29, 0.717) is 6.42 Å². The maximum absolute atomic E-state index is 3.95. The van der Waals surface area contributed by atoms with Crippen LogP contribution in [0, 0.1) is 0 Å². The summed E-state index contributed by atoms with van der Waals surface area (Å²) in [7, 11) is 0. The summed E-state index contributed by atoms with van der Waals surface area (Å²) in [6, 6.07) is 0.0305. The van der Waals surface area contributed by atoms with Crippen molar-refractivity contribution < 1.29 is 0 Å². The van der Waals surface area contributed by atoms with Crippen LogP contribution in [0.25, 0.3) is 0 Å². The molecule has 56 valence electrons. The third-order valence-corrected chi connectivity index (χ3v) is 1.36. The molecule has 1 aromatic heterocycles. The average molecular weight is 150 g/mol. The van der Waals surface area contributed by atoms with Gasteiger partial charge in [-0.2, -0.15) is 10.2 Å². The molecule has 1 aliphatic heterocycles. The van der Waals surface area contributed by atoms with Gasteiger partial charge in [-0.25, -0.2) is 4.98 Å². The second kappa shape index (κ2) is 2.57. The van der Waals surface area contributed by atoms with E-state index in [0.717, 1.165) is 5.82 Å². The molecule has 1 unspecified atom stereocenters. The van der Waals surface area contributed by atoms with Crippen LogP contribution in [0.3, 0.4) is 0 Å². The van der Waals surface area contributed by atoms with Crippen LogP contribution in [0.5, 0.6) is 0 Å². The first-order chi connectivity index (χ1) is 5.45. The predicted octanol–water partition coefficient (Wildman–Crippen LogP) is 0.167. The molecule has 1 aliphatic rings. The first-order valence-electron chi connectivity index (χ1n) is 3.23. The van der Waals surface area contributed by atoms with E-state index in [-0.39, 0.29) is 6.04 Å². The quantitative estimate of drug-likeness (QED) is 0.652. The van der Waals surface area contributed by atoms with Gasteiger partial charge in [-0.15, -0.1) is 5.10 Å². The summed E-state index contributed by atoms with van der Waals surface area (Å²) in [5.74, 6) is 0.808. The summed E-state index contributed by atoms with van der Waals surface area (Å²) in [4.78, 5) is 3.95. The Morgan fingerprint density at radius 1 is 1.55 bits per heavy atom. The maximum atomic E-state index is 3.95. The van der Waals surface area contributed by atoms with Gasteiger partial charge in [0.05, 0.1) is 6.21 Å². The van der Waals surface area contributed by atoms with E-state index in [1.165, 1.54) is 6.33 Å². The van der Waals surface area contributed by atoms with Gasteiger partial charge in [-0.1, -0.05) is 0 Å². The first kappa shape index (κ1) is 6.14. The highest BCUT2D eigenvalue weighted by Crippen LogP contribution is 2.02. The number of nitrogens with one attached hydrogen (secondary N) is 1. The lowest BCUT2D eigenvalue weighted by Crippen LogP contribution is -2.08. The molecule has 1 N–H and O–H groups in total. The van der Waals surface area contributed by atoms with E-state index in [4.69, 9.17) is 0 Å². The van der Waals surface area contributed by atoms with Crippen molar-refractivity contribution in [1.29, 1.82) is 0 Å². The van der Waals surface area contributed by atoms with Crippen molar-refractivity contribution in [2.75, 3.05) is 0 Å². The number of nitrogens with zero attached hydrogens (tertiary/aromatic N) is 5. The number of H-pyrrole nitrogens is 1. The van der Waals surface area contributed by atoms with E-state index in [9.17, 15) is 0 Å². The molecular formula is C5H6N6. The lowest BCUT2D eigenvalue weighted by atomic mass is 10.2. The molecule has 0 spiro atoms. The Bertz CT molecular complexity index is 261. The molecule has 0 amide bonds. The summed E-state index contributed by atoms with van der Waals surface area (Å²) in [6.45, 7) is 0. The third-order valence-electron chi connectivity index (χ3n) is 1.36. The fourth-order valence-corrected chi connectivity index (χ4v) is 0.854. The topological polar surface area (TPSA) is 78.7 Å². The van der Waals surface area contributed by atoms with Crippen molar-refractivity contribution in [3.8, 4) is 0 Å². The minimum Gasteiger partial charge on any atom is -0.263 e. The number of hydrogen-bond donors (Lipinski definition) is 1. The Kier molecular flexibility index (Phi) is 1.43. The maximum Gasteiger partial charge on any atom is 0.137 e. The Balaban J connectivity index is 2.01. The second-order valence-electron chi connectivity index (χ2n) is 2.17. The van der Waals surface area contributed by atoms with Gasteiger partial charge in [0.1, 0.15) is 18.2 Å². The molecule has 6 heteroatoms.